The van der Waals surface area contributed by atoms with Crippen LogP contribution in [0.1, 0.15) is 41.4 Å². The molecule has 0 atom stereocenters. The van der Waals surface area contributed by atoms with Crippen LogP contribution in [-0.2, 0) is 0 Å². The van der Waals surface area contributed by atoms with Gasteiger partial charge in [-0.15, -0.1) is 0 Å². The molecule has 134 valence electrons. The van der Waals surface area contributed by atoms with Crippen LogP contribution in [0.2, 0.25) is 0 Å². The first-order chi connectivity index (χ1) is 12.0. The molecule has 0 aliphatic rings. The van der Waals surface area contributed by atoms with E-state index < -0.39 is 68.9 Å². The van der Waals surface area contributed by atoms with E-state index in [1.54, 1.807) is 0 Å². The maximum absolute atomic E-state index is 14.2. The fourth-order valence-corrected chi connectivity index (χ4v) is 2.27. The van der Waals surface area contributed by atoms with E-state index in [0.717, 1.165) is 0 Å². The summed E-state index contributed by atoms with van der Waals surface area (Å²) in [5.41, 5.74) is -4.95. The van der Waals surface area contributed by atoms with Crippen LogP contribution >= 0.6 is 0 Å². The number of carboxylic acids is 4. The third-order valence-electron chi connectivity index (χ3n) is 3.43. The number of aromatic carboxylic acids is 4. The van der Waals surface area contributed by atoms with Gasteiger partial charge in [-0.1, -0.05) is 0 Å². The van der Waals surface area contributed by atoms with Gasteiger partial charge in [-0.3, -0.25) is 0 Å². The van der Waals surface area contributed by atoms with Crippen LogP contribution in [0, 0.1) is 11.6 Å². The van der Waals surface area contributed by atoms with Crippen LogP contribution in [0.25, 0.3) is 11.1 Å². The van der Waals surface area contributed by atoms with Gasteiger partial charge in [-0.2, -0.15) is 0 Å². The van der Waals surface area contributed by atoms with Gasteiger partial charge in [0.2, 0.25) is 0 Å². The number of hydrogen-bond acceptors (Lipinski definition) is 4. The van der Waals surface area contributed by atoms with Crippen LogP contribution in [-0.4, -0.2) is 44.3 Å². The third-order valence-corrected chi connectivity index (χ3v) is 3.43. The summed E-state index contributed by atoms with van der Waals surface area (Å²) in [6, 6.07) is 1.77. The second-order valence-electron chi connectivity index (χ2n) is 4.98. The summed E-state index contributed by atoms with van der Waals surface area (Å²) in [4.78, 5) is 44.4. The Kier molecular flexibility index (Phi) is 4.69. The molecule has 0 amide bonds. The van der Waals surface area contributed by atoms with Crippen molar-refractivity contribution in [3.63, 3.8) is 0 Å². The summed E-state index contributed by atoms with van der Waals surface area (Å²) in [5, 5.41) is 36.0. The van der Waals surface area contributed by atoms with Crippen molar-refractivity contribution in [1.82, 2.24) is 0 Å². The molecule has 0 aromatic heterocycles. The van der Waals surface area contributed by atoms with Gasteiger partial charge in [-0.25, -0.2) is 28.0 Å². The Balaban J connectivity index is 2.84. The molecule has 0 aliphatic carbocycles. The normalized spacial score (nSPS) is 10.4. The summed E-state index contributed by atoms with van der Waals surface area (Å²) >= 11 is 0. The highest BCUT2D eigenvalue weighted by molar-refractivity contribution is 6.04. The number of halogens is 2. The second kappa shape index (κ2) is 6.59. The number of carbonyl (C=O) groups is 4. The van der Waals surface area contributed by atoms with Gasteiger partial charge in [0.25, 0.3) is 0 Å². The Labute approximate surface area is 142 Å². The maximum atomic E-state index is 14.2. The standard InChI is InChI=1S/C16H8F2O8/c17-11-3-9(15(23)24)7(13(19)20)1-5(11)6-2-8(14(21)22)10(16(25)26)4-12(6)18/h1-4H,(H,19,20)(H,21,22)(H,23,24)(H,25,26). The molecule has 4 N–H and O–H groups in total. The molecule has 0 spiro atoms. The van der Waals surface area contributed by atoms with Crippen LogP contribution in [0.3, 0.4) is 0 Å². The molecule has 26 heavy (non-hydrogen) atoms. The van der Waals surface area contributed by atoms with E-state index in [4.69, 9.17) is 20.4 Å². The maximum Gasteiger partial charge on any atom is 0.336 e. The number of benzene rings is 2. The minimum Gasteiger partial charge on any atom is -0.478 e. The number of carboxylic acid groups (broad SMARTS) is 4. The monoisotopic (exact) mass is 366 g/mol. The zero-order valence-electron chi connectivity index (χ0n) is 12.5. The van der Waals surface area contributed by atoms with Crippen molar-refractivity contribution < 1.29 is 48.4 Å². The van der Waals surface area contributed by atoms with Crippen molar-refractivity contribution in [1.29, 1.82) is 0 Å². The Morgan fingerprint density at radius 2 is 0.769 bits per heavy atom. The van der Waals surface area contributed by atoms with Crippen LogP contribution < -0.4 is 0 Å². The fourth-order valence-electron chi connectivity index (χ4n) is 2.27. The smallest absolute Gasteiger partial charge is 0.336 e. The SMILES string of the molecule is O=C(O)c1cc(F)c(-c2cc(C(=O)O)c(C(=O)O)cc2F)cc1C(=O)O. The topological polar surface area (TPSA) is 149 Å². The van der Waals surface area contributed by atoms with Crippen molar-refractivity contribution in [3.05, 3.63) is 58.2 Å². The minimum absolute atomic E-state index is 0.353. The van der Waals surface area contributed by atoms with Gasteiger partial charge in [-0.05, 0) is 24.3 Å². The highest BCUT2D eigenvalue weighted by atomic mass is 19.1. The van der Waals surface area contributed by atoms with E-state index >= 15 is 0 Å². The van der Waals surface area contributed by atoms with Crippen molar-refractivity contribution in [2.45, 2.75) is 0 Å². The summed E-state index contributed by atoms with van der Waals surface area (Å²) < 4.78 is 28.4. The number of rotatable bonds is 5. The van der Waals surface area contributed by atoms with Crippen molar-refractivity contribution in [3.8, 4) is 11.1 Å². The Bertz CT molecular complexity index is 901. The van der Waals surface area contributed by atoms with E-state index in [2.05, 4.69) is 0 Å². The Morgan fingerprint density at radius 3 is 1.00 bits per heavy atom. The summed E-state index contributed by atoms with van der Waals surface area (Å²) in [6.07, 6.45) is 0. The lowest BCUT2D eigenvalue weighted by atomic mass is 9.94. The molecule has 0 saturated heterocycles. The molecule has 0 heterocycles. The van der Waals surface area contributed by atoms with Crippen LogP contribution in [0.15, 0.2) is 24.3 Å². The lowest BCUT2D eigenvalue weighted by molar-refractivity contribution is 0.0651. The van der Waals surface area contributed by atoms with Gasteiger partial charge in [0.05, 0.1) is 22.3 Å². The molecule has 0 fully saturated rings. The van der Waals surface area contributed by atoms with E-state index in [1.807, 2.05) is 0 Å². The molecule has 0 aliphatic heterocycles. The molecule has 0 unspecified atom stereocenters. The molecule has 8 nitrogen and oxygen atoms in total. The van der Waals surface area contributed by atoms with Crippen molar-refractivity contribution >= 4 is 23.9 Å². The van der Waals surface area contributed by atoms with E-state index in [1.165, 1.54) is 0 Å². The molecular formula is C16H8F2O8. The van der Waals surface area contributed by atoms with Gasteiger partial charge in [0.15, 0.2) is 0 Å². The van der Waals surface area contributed by atoms with E-state index in [-0.39, 0.29) is 0 Å². The first-order valence-corrected chi connectivity index (χ1v) is 6.65. The van der Waals surface area contributed by atoms with Crippen molar-refractivity contribution in [2.75, 3.05) is 0 Å². The molecular weight excluding hydrogens is 358 g/mol. The summed E-state index contributed by atoms with van der Waals surface area (Å²) in [7, 11) is 0. The number of hydrogen-bond donors (Lipinski definition) is 4. The highest BCUT2D eigenvalue weighted by Gasteiger charge is 2.25. The zero-order valence-corrected chi connectivity index (χ0v) is 12.5. The highest BCUT2D eigenvalue weighted by Crippen LogP contribution is 2.31. The quantitative estimate of drug-likeness (QED) is 0.630. The van der Waals surface area contributed by atoms with Gasteiger partial charge < -0.3 is 20.4 Å². The Morgan fingerprint density at radius 1 is 0.538 bits per heavy atom. The minimum atomic E-state index is -1.74. The fraction of sp³-hybridized carbons (Fsp3) is 0. The zero-order chi connectivity index (χ0) is 19.8. The molecule has 2 aromatic carbocycles. The average Bonchev–Trinajstić information content (AvgIpc) is 2.53. The van der Waals surface area contributed by atoms with Gasteiger partial charge >= 0.3 is 23.9 Å². The van der Waals surface area contributed by atoms with E-state index in [0.29, 0.717) is 24.3 Å². The van der Waals surface area contributed by atoms with Crippen LogP contribution in [0.5, 0.6) is 0 Å². The van der Waals surface area contributed by atoms with Gasteiger partial charge in [0.1, 0.15) is 11.6 Å². The molecule has 0 radical (unpaired) electrons. The molecule has 2 rings (SSSR count). The Hall–Kier alpha value is -3.82. The molecule has 2 aromatic rings. The largest absolute Gasteiger partial charge is 0.478 e. The predicted molar refractivity (Wildman–Crippen MR) is 79.6 cm³/mol. The lowest BCUT2D eigenvalue weighted by Gasteiger charge is -2.11. The van der Waals surface area contributed by atoms with Gasteiger partial charge in [0, 0.05) is 11.1 Å². The third kappa shape index (κ3) is 3.20. The molecule has 0 saturated carbocycles. The summed E-state index contributed by atoms with van der Waals surface area (Å²) in [5.74, 6) is -9.59. The van der Waals surface area contributed by atoms with Crippen LogP contribution in [0.4, 0.5) is 8.78 Å². The predicted octanol–water partition coefficient (Wildman–Crippen LogP) is 2.42. The van der Waals surface area contributed by atoms with E-state index in [9.17, 15) is 28.0 Å². The van der Waals surface area contributed by atoms with Crippen molar-refractivity contribution in [2.24, 2.45) is 0 Å². The second-order valence-corrected chi connectivity index (χ2v) is 4.98. The molecule has 10 heteroatoms. The first-order valence-electron chi connectivity index (χ1n) is 6.65. The lowest BCUT2D eigenvalue weighted by Crippen LogP contribution is -2.11. The average molecular weight is 366 g/mol. The summed E-state index contributed by atoms with van der Waals surface area (Å²) in [6.45, 7) is 0. The molecule has 0 bridgehead atoms. The first kappa shape index (κ1) is 18.5.